The van der Waals surface area contributed by atoms with Crippen LogP contribution in [0.25, 0.3) is 16.7 Å². The number of nitrogens with zero attached hydrogens (tertiary/aromatic N) is 4. The van der Waals surface area contributed by atoms with Crippen molar-refractivity contribution in [1.29, 1.82) is 0 Å². The van der Waals surface area contributed by atoms with E-state index in [0.717, 1.165) is 5.52 Å². The van der Waals surface area contributed by atoms with Crippen LogP contribution in [0, 0.1) is 0 Å². The van der Waals surface area contributed by atoms with E-state index in [2.05, 4.69) is 4.98 Å². The minimum Gasteiger partial charge on any atom is -0.378 e. The van der Waals surface area contributed by atoms with Gasteiger partial charge in [-0.3, -0.25) is 14.2 Å². The number of ether oxygens (including phenoxy) is 1. The lowest BCUT2D eigenvalue weighted by atomic mass is 10.3. The van der Waals surface area contributed by atoms with E-state index < -0.39 is 0 Å². The molecule has 0 spiro atoms. The number of pyridine rings is 1. The maximum absolute atomic E-state index is 12.7. The Balaban J connectivity index is 1.83. The van der Waals surface area contributed by atoms with Crippen LogP contribution in [0.2, 0.25) is 0 Å². The fourth-order valence-corrected chi connectivity index (χ4v) is 2.98. The van der Waals surface area contributed by atoms with Gasteiger partial charge in [-0.05, 0) is 24.3 Å². The smallest absolute Gasteiger partial charge is 0.276 e. The van der Waals surface area contributed by atoms with E-state index in [-0.39, 0.29) is 18.0 Å². The molecule has 0 aromatic carbocycles. The second kappa shape index (κ2) is 5.51. The summed E-state index contributed by atoms with van der Waals surface area (Å²) in [4.78, 5) is 31.3. The molecule has 1 aliphatic heterocycles. The Labute approximate surface area is 131 Å². The number of rotatable bonds is 2. The van der Waals surface area contributed by atoms with Crippen LogP contribution in [0.15, 0.2) is 41.5 Å². The minimum atomic E-state index is -0.206. The zero-order chi connectivity index (χ0) is 15.8. The Morgan fingerprint density at radius 3 is 2.78 bits per heavy atom. The highest BCUT2D eigenvalue weighted by Gasteiger charge is 2.20. The third kappa shape index (κ3) is 2.29. The van der Waals surface area contributed by atoms with Gasteiger partial charge in [-0.1, -0.05) is 0 Å². The summed E-state index contributed by atoms with van der Waals surface area (Å²) in [6, 6.07) is 7.28. The molecule has 1 saturated heterocycles. The molecule has 23 heavy (non-hydrogen) atoms. The summed E-state index contributed by atoms with van der Waals surface area (Å²) in [6.45, 7) is 2.20. The van der Waals surface area contributed by atoms with Crippen molar-refractivity contribution >= 4 is 22.6 Å². The van der Waals surface area contributed by atoms with Gasteiger partial charge in [-0.15, -0.1) is 0 Å². The largest absolute Gasteiger partial charge is 0.378 e. The normalized spacial score (nSPS) is 15.4. The van der Waals surface area contributed by atoms with Crippen molar-refractivity contribution < 1.29 is 9.53 Å². The molecule has 1 aliphatic rings. The Bertz CT molecular complexity index is 937. The van der Waals surface area contributed by atoms with E-state index in [1.807, 2.05) is 24.4 Å². The minimum absolute atomic E-state index is 0.00593. The third-order valence-electron chi connectivity index (χ3n) is 4.15. The molecule has 0 saturated carbocycles. The first-order chi connectivity index (χ1) is 11.3. The van der Waals surface area contributed by atoms with Crippen LogP contribution in [-0.4, -0.2) is 51.1 Å². The molecule has 4 rings (SSSR count). The number of morpholine rings is 1. The molecule has 0 radical (unpaired) electrons. The molecule has 1 fully saturated rings. The van der Waals surface area contributed by atoms with Crippen LogP contribution < -0.4 is 5.56 Å². The lowest BCUT2D eigenvalue weighted by Gasteiger charge is -2.27. The highest BCUT2D eigenvalue weighted by molar-refractivity contribution is 5.80. The monoisotopic (exact) mass is 312 g/mol. The first-order valence-electron chi connectivity index (χ1n) is 7.56. The van der Waals surface area contributed by atoms with Gasteiger partial charge in [0.25, 0.3) is 5.56 Å². The van der Waals surface area contributed by atoms with Crippen molar-refractivity contribution in [1.82, 2.24) is 18.9 Å². The van der Waals surface area contributed by atoms with Crippen LogP contribution in [-0.2, 0) is 16.1 Å². The van der Waals surface area contributed by atoms with E-state index in [0.29, 0.717) is 37.5 Å². The van der Waals surface area contributed by atoms with Gasteiger partial charge >= 0.3 is 0 Å². The van der Waals surface area contributed by atoms with Crippen molar-refractivity contribution in [3.8, 4) is 0 Å². The van der Waals surface area contributed by atoms with Crippen molar-refractivity contribution in [3.05, 3.63) is 47.0 Å². The highest BCUT2D eigenvalue weighted by atomic mass is 16.5. The molecule has 3 aromatic heterocycles. The van der Waals surface area contributed by atoms with E-state index in [1.54, 1.807) is 21.6 Å². The summed E-state index contributed by atoms with van der Waals surface area (Å²) in [6.07, 6.45) is 3.46. The highest BCUT2D eigenvalue weighted by Crippen LogP contribution is 2.13. The van der Waals surface area contributed by atoms with Crippen LogP contribution in [0.4, 0.5) is 0 Å². The standard InChI is InChI=1S/C16H16N4O3/c21-14(18-7-9-23-10-8-18)11-20-15-12(3-1-5-17-15)19-6-2-4-13(19)16(20)22/h1-6H,7-11H2. The molecule has 0 aliphatic carbocycles. The van der Waals surface area contributed by atoms with Crippen molar-refractivity contribution in [2.45, 2.75) is 6.54 Å². The van der Waals surface area contributed by atoms with Crippen LogP contribution in [0.1, 0.15) is 0 Å². The van der Waals surface area contributed by atoms with E-state index in [9.17, 15) is 9.59 Å². The Morgan fingerprint density at radius 1 is 1.17 bits per heavy atom. The molecule has 7 nitrogen and oxygen atoms in total. The molecule has 0 atom stereocenters. The maximum atomic E-state index is 12.7. The molecule has 3 aromatic rings. The average molecular weight is 312 g/mol. The van der Waals surface area contributed by atoms with Gasteiger partial charge in [0.1, 0.15) is 12.1 Å². The molecule has 0 bridgehead atoms. The van der Waals surface area contributed by atoms with Gasteiger partial charge in [0.2, 0.25) is 5.91 Å². The molecule has 4 heterocycles. The molecule has 0 unspecified atom stereocenters. The molecule has 0 N–H and O–H groups in total. The fraction of sp³-hybridized carbons (Fsp3) is 0.312. The summed E-state index contributed by atoms with van der Waals surface area (Å²) >= 11 is 0. The lowest BCUT2D eigenvalue weighted by Crippen LogP contribution is -2.43. The predicted molar refractivity (Wildman–Crippen MR) is 84.4 cm³/mol. The van der Waals surface area contributed by atoms with Crippen LogP contribution in [0.5, 0.6) is 0 Å². The number of hydrogen-bond donors (Lipinski definition) is 0. The number of carbonyl (C=O) groups is 1. The summed E-state index contributed by atoms with van der Waals surface area (Å²) in [5.74, 6) is -0.0849. The van der Waals surface area contributed by atoms with E-state index in [1.165, 1.54) is 4.57 Å². The van der Waals surface area contributed by atoms with Crippen molar-refractivity contribution in [2.24, 2.45) is 0 Å². The summed E-state index contributed by atoms with van der Waals surface area (Å²) < 4.78 is 8.53. The number of hydrogen-bond acceptors (Lipinski definition) is 4. The average Bonchev–Trinajstić information content (AvgIpc) is 3.09. The number of fused-ring (bicyclic) bond motifs is 3. The zero-order valence-corrected chi connectivity index (χ0v) is 12.5. The second-order valence-electron chi connectivity index (χ2n) is 5.49. The molecule has 1 amide bonds. The first kappa shape index (κ1) is 14.0. The SMILES string of the molecule is O=C(Cn1c(=O)c2cccn2c2cccnc21)N1CCOCC1. The molecule has 7 heteroatoms. The predicted octanol–water partition coefficient (Wildman–Crippen LogP) is 0.508. The Hall–Kier alpha value is -2.67. The Morgan fingerprint density at radius 2 is 1.96 bits per heavy atom. The number of carbonyl (C=O) groups excluding carboxylic acids is 1. The fourth-order valence-electron chi connectivity index (χ4n) is 2.98. The van der Waals surface area contributed by atoms with Gasteiger partial charge in [-0.2, -0.15) is 0 Å². The van der Waals surface area contributed by atoms with Crippen molar-refractivity contribution in [3.63, 3.8) is 0 Å². The molecular weight excluding hydrogens is 296 g/mol. The molecular formula is C16H16N4O3. The summed E-state index contributed by atoms with van der Waals surface area (Å²) in [5, 5.41) is 0. The summed E-state index contributed by atoms with van der Waals surface area (Å²) in [7, 11) is 0. The van der Waals surface area contributed by atoms with Gasteiger partial charge in [0.15, 0.2) is 5.65 Å². The number of amides is 1. The topological polar surface area (TPSA) is 68.8 Å². The van der Waals surface area contributed by atoms with Gasteiger partial charge in [0, 0.05) is 25.5 Å². The van der Waals surface area contributed by atoms with E-state index in [4.69, 9.17) is 4.74 Å². The lowest BCUT2D eigenvalue weighted by molar-refractivity contribution is -0.135. The maximum Gasteiger partial charge on any atom is 0.276 e. The third-order valence-corrected chi connectivity index (χ3v) is 4.15. The van der Waals surface area contributed by atoms with Gasteiger partial charge in [0.05, 0.1) is 18.7 Å². The molecule has 118 valence electrons. The van der Waals surface area contributed by atoms with Crippen LogP contribution in [0.3, 0.4) is 0 Å². The first-order valence-corrected chi connectivity index (χ1v) is 7.56. The quantitative estimate of drug-likeness (QED) is 0.691. The van der Waals surface area contributed by atoms with E-state index >= 15 is 0 Å². The summed E-state index contributed by atoms with van der Waals surface area (Å²) in [5.41, 5.74) is 1.66. The van der Waals surface area contributed by atoms with Crippen LogP contribution >= 0.6 is 0 Å². The van der Waals surface area contributed by atoms with Gasteiger partial charge in [-0.25, -0.2) is 4.98 Å². The number of aromatic nitrogens is 3. The van der Waals surface area contributed by atoms with Crippen molar-refractivity contribution in [2.75, 3.05) is 26.3 Å². The van der Waals surface area contributed by atoms with Gasteiger partial charge < -0.3 is 14.0 Å². The zero-order valence-electron chi connectivity index (χ0n) is 12.5. The second-order valence-corrected chi connectivity index (χ2v) is 5.49. The Kier molecular flexibility index (Phi) is 3.34.